The number of piperazine rings is 1. The van der Waals surface area contributed by atoms with Crippen molar-refractivity contribution in [3.63, 3.8) is 0 Å². The molecule has 2 amide bonds. The molecule has 0 bridgehead atoms. The van der Waals surface area contributed by atoms with Crippen molar-refractivity contribution >= 4 is 11.8 Å². The third-order valence-corrected chi connectivity index (χ3v) is 8.75. The summed E-state index contributed by atoms with van der Waals surface area (Å²) in [7, 11) is 1.76. The lowest BCUT2D eigenvalue weighted by molar-refractivity contribution is -0.144. The molecular weight excluding hydrogens is 483 g/mol. The number of aromatic nitrogens is 2. The number of likely N-dealkylation sites (N-methyl/N-ethyl adjacent to an activating group) is 1. The molecule has 38 heavy (non-hydrogen) atoms. The van der Waals surface area contributed by atoms with Crippen molar-refractivity contribution in [2.45, 2.75) is 82.6 Å². The molecule has 1 aromatic heterocycles. The highest BCUT2D eigenvalue weighted by Crippen LogP contribution is 2.35. The van der Waals surface area contributed by atoms with Crippen LogP contribution in [0.2, 0.25) is 0 Å². The van der Waals surface area contributed by atoms with E-state index in [1.165, 1.54) is 18.6 Å². The number of nitrogens with zero attached hydrogens (tertiary/aromatic N) is 4. The SMILES string of the molecule is CN[C@@H](C)C(=O)NC(C(=O)N1CC2CCCN2CC1c1ccn(Cc2ccc(F)cc2)n1)C1CCCCC1. The third kappa shape index (κ3) is 5.94. The van der Waals surface area contributed by atoms with Gasteiger partial charge >= 0.3 is 0 Å². The first-order chi connectivity index (χ1) is 18.4. The molecule has 2 saturated heterocycles. The molecule has 0 radical (unpaired) electrons. The zero-order valence-corrected chi connectivity index (χ0v) is 22.6. The monoisotopic (exact) mass is 524 g/mol. The van der Waals surface area contributed by atoms with Crippen LogP contribution in [0.3, 0.4) is 0 Å². The van der Waals surface area contributed by atoms with Crippen molar-refractivity contribution in [3.05, 3.63) is 53.6 Å². The normalized spacial score (nSPS) is 24.1. The Hall–Kier alpha value is -2.78. The van der Waals surface area contributed by atoms with Crippen LogP contribution in [0.5, 0.6) is 0 Å². The molecular formula is C29H41FN6O2. The lowest BCUT2D eigenvalue weighted by atomic mass is 9.82. The van der Waals surface area contributed by atoms with Gasteiger partial charge in [0.15, 0.2) is 0 Å². The fourth-order valence-electron chi connectivity index (χ4n) is 6.37. The van der Waals surface area contributed by atoms with Gasteiger partial charge in [-0.25, -0.2) is 4.39 Å². The Balaban J connectivity index is 1.40. The van der Waals surface area contributed by atoms with Crippen LogP contribution in [0.4, 0.5) is 4.39 Å². The Bertz CT molecular complexity index is 1100. The number of amides is 2. The molecule has 5 rings (SSSR count). The van der Waals surface area contributed by atoms with E-state index >= 15 is 0 Å². The van der Waals surface area contributed by atoms with Crippen molar-refractivity contribution in [3.8, 4) is 0 Å². The lowest BCUT2D eigenvalue weighted by Crippen LogP contribution is -2.61. The van der Waals surface area contributed by atoms with Gasteiger partial charge in [-0.05, 0) is 75.9 Å². The van der Waals surface area contributed by atoms with Crippen molar-refractivity contribution in [2.24, 2.45) is 5.92 Å². The maximum absolute atomic E-state index is 14.3. The average Bonchev–Trinajstić information content (AvgIpc) is 3.61. The Kier molecular flexibility index (Phi) is 8.43. The second-order valence-corrected chi connectivity index (χ2v) is 11.3. The predicted molar refractivity (Wildman–Crippen MR) is 144 cm³/mol. The third-order valence-electron chi connectivity index (χ3n) is 8.75. The molecule has 0 spiro atoms. The van der Waals surface area contributed by atoms with E-state index in [1.807, 2.05) is 28.8 Å². The molecule has 3 unspecified atom stereocenters. The molecule has 2 aromatic rings. The number of carbonyl (C=O) groups is 2. The van der Waals surface area contributed by atoms with Crippen molar-refractivity contribution in [1.82, 2.24) is 30.2 Å². The van der Waals surface area contributed by atoms with Gasteiger partial charge in [-0.3, -0.25) is 19.2 Å². The van der Waals surface area contributed by atoms with Gasteiger partial charge in [0.2, 0.25) is 11.8 Å². The summed E-state index contributed by atoms with van der Waals surface area (Å²) in [6.07, 6.45) is 9.47. The summed E-state index contributed by atoms with van der Waals surface area (Å²) in [5, 5.41) is 11.0. The summed E-state index contributed by atoms with van der Waals surface area (Å²) in [6.45, 7) is 4.82. The number of hydrogen-bond donors (Lipinski definition) is 2. The number of hydrogen-bond acceptors (Lipinski definition) is 5. The quantitative estimate of drug-likeness (QED) is 0.555. The molecule has 1 aromatic carbocycles. The van der Waals surface area contributed by atoms with E-state index in [4.69, 9.17) is 5.10 Å². The van der Waals surface area contributed by atoms with E-state index in [-0.39, 0.29) is 35.6 Å². The van der Waals surface area contributed by atoms with E-state index < -0.39 is 6.04 Å². The molecule has 3 fully saturated rings. The van der Waals surface area contributed by atoms with Crippen LogP contribution in [-0.4, -0.2) is 76.2 Å². The molecule has 3 heterocycles. The fraction of sp³-hybridized carbons (Fsp3) is 0.621. The predicted octanol–water partition coefficient (Wildman–Crippen LogP) is 3.09. The maximum Gasteiger partial charge on any atom is 0.246 e. The highest BCUT2D eigenvalue weighted by molar-refractivity contribution is 5.90. The van der Waals surface area contributed by atoms with Gasteiger partial charge in [-0.2, -0.15) is 5.10 Å². The number of halogens is 1. The highest BCUT2D eigenvalue weighted by atomic mass is 19.1. The first-order valence-electron chi connectivity index (χ1n) is 14.2. The summed E-state index contributed by atoms with van der Waals surface area (Å²) in [6, 6.07) is 7.77. The minimum atomic E-state index is -0.518. The molecule has 9 heteroatoms. The first kappa shape index (κ1) is 26.8. The van der Waals surface area contributed by atoms with Gasteiger partial charge in [0.05, 0.1) is 24.3 Å². The largest absolute Gasteiger partial charge is 0.343 e. The number of benzene rings is 1. The molecule has 2 aliphatic heterocycles. The topological polar surface area (TPSA) is 82.5 Å². The zero-order valence-electron chi connectivity index (χ0n) is 22.6. The summed E-state index contributed by atoms with van der Waals surface area (Å²) < 4.78 is 15.2. The van der Waals surface area contributed by atoms with Gasteiger partial charge in [0.25, 0.3) is 0 Å². The fourth-order valence-corrected chi connectivity index (χ4v) is 6.37. The van der Waals surface area contributed by atoms with Crippen molar-refractivity contribution < 1.29 is 14.0 Å². The highest BCUT2D eigenvalue weighted by Gasteiger charge is 2.44. The molecule has 3 aliphatic rings. The first-order valence-corrected chi connectivity index (χ1v) is 14.2. The molecule has 8 nitrogen and oxygen atoms in total. The van der Waals surface area contributed by atoms with E-state index in [2.05, 4.69) is 15.5 Å². The standard InChI is InChI=1S/C29H41FN6O2/c1-20(31-2)28(37)32-27(22-7-4-3-5-8-22)29(38)36-18-24-9-6-15-34(24)19-26(36)25-14-16-35(33-25)17-21-10-12-23(30)13-11-21/h10-14,16,20,22,24,26-27,31H,3-9,15,17-19H2,1-2H3,(H,32,37)/t20-,24?,26?,27?/m0/s1. The van der Waals surface area contributed by atoms with Crippen LogP contribution in [-0.2, 0) is 16.1 Å². The maximum atomic E-state index is 14.3. The Morgan fingerprint density at radius 2 is 1.82 bits per heavy atom. The molecule has 4 atom stereocenters. The van der Waals surface area contributed by atoms with Crippen LogP contribution in [0.1, 0.15) is 69.2 Å². The molecule has 206 valence electrons. The van der Waals surface area contributed by atoms with Crippen LogP contribution in [0, 0.1) is 11.7 Å². The minimum Gasteiger partial charge on any atom is -0.343 e. The van der Waals surface area contributed by atoms with E-state index in [0.29, 0.717) is 19.1 Å². The van der Waals surface area contributed by atoms with E-state index in [9.17, 15) is 14.0 Å². The number of nitrogens with one attached hydrogen (secondary N) is 2. The lowest BCUT2D eigenvalue weighted by Gasteiger charge is -2.45. The molecule has 1 saturated carbocycles. The summed E-state index contributed by atoms with van der Waals surface area (Å²) in [5.41, 5.74) is 1.83. The van der Waals surface area contributed by atoms with Crippen LogP contribution in [0.15, 0.2) is 36.5 Å². The molecule has 1 aliphatic carbocycles. The van der Waals surface area contributed by atoms with Gasteiger partial charge in [-0.15, -0.1) is 0 Å². The number of carbonyl (C=O) groups excluding carboxylic acids is 2. The van der Waals surface area contributed by atoms with Crippen LogP contribution >= 0.6 is 0 Å². The van der Waals surface area contributed by atoms with E-state index in [1.54, 1.807) is 19.2 Å². The van der Waals surface area contributed by atoms with Gasteiger partial charge in [0, 0.05) is 25.3 Å². The summed E-state index contributed by atoms with van der Waals surface area (Å²) in [4.78, 5) is 31.8. The van der Waals surface area contributed by atoms with E-state index in [0.717, 1.165) is 62.9 Å². The van der Waals surface area contributed by atoms with Gasteiger partial charge in [0.1, 0.15) is 11.9 Å². The van der Waals surface area contributed by atoms with Gasteiger partial charge in [-0.1, -0.05) is 31.4 Å². The molecule has 2 N–H and O–H groups in total. The average molecular weight is 525 g/mol. The summed E-state index contributed by atoms with van der Waals surface area (Å²) in [5.74, 6) is -0.202. The van der Waals surface area contributed by atoms with Crippen molar-refractivity contribution in [2.75, 3.05) is 26.7 Å². The number of rotatable bonds is 8. The zero-order chi connectivity index (χ0) is 26.6. The Labute approximate surface area is 224 Å². The van der Waals surface area contributed by atoms with Crippen LogP contribution in [0.25, 0.3) is 0 Å². The smallest absolute Gasteiger partial charge is 0.246 e. The van der Waals surface area contributed by atoms with Gasteiger partial charge < -0.3 is 15.5 Å². The second-order valence-electron chi connectivity index (χ2n) is 11.3. The minimum absolute atomic E-state index is 0.0261. The Morgan fingerprint density at radius 3 is 2.55 bits per heavy atom. The Morgan fingerprint density at radius 1 is 1.05 bits per heavy atom. The van der Waals surface area contributed by atoms with Crippen LogP contribution < -0.4 is 10.6 Å². The van der Waals surface area contributed by atoms with Crippen molar-refractivity contribution in [1.29, 1.82) is 0 Å². The number of fused-ring (bicyclic) bond motifs is 1. The summed E-state index contributed by atoms with van der Waals surface area (Å²) >= 11 is 0. The second kappa shape index (κ2) is 11.9.